The third-order valence-corrected chi connectivity index (χ3v) is 4.30. The molecule has 21 heavy (non-hydrogen) atoms. The summed E-state index contributed by atoms with van der Waals surface area (Å²) in [5.41, 5.74) is 0.0168. The summed E-state index contributed by atoms with van der Waals surface area (Å²) in [7, 11) is 0. The van der Waals surface area contributed by atoms with Crippen LogP contribution in [0.2, 0.25) is 0 Å². The largest absolute Gasteiger partial charge is 0.401 e. The van der Waals surface area contributed by atoms with Gasteiger partial charge in [-0.1, -0.05) is 40.0 Å². The van der Waals surface area contributed by atoms with Gasteiger partial charge in [0.15, 0.2) is 0 Å². The summed E-state index contributed by atoms with van der Waals surface area (Å²) in [6.07, 6.45) is 2.27. The molecule has 0 radical (unpaired) electrons. The van der Waals surface area contributed by atoms with Crippen LogP contribution in [0.3, 0.4) is 0 Å². The molecule has 0 aliphatic heterocycles. The minimum absolute atomic E-state index is 0.0168. The molecule has 1 saturated carbocycles. The molecule has 0 unspecified atom stereocenters. The van der Waals surface area contributed by atoms with Crippen molar-refractivity contribution < 1.29 is 13.2 Å². The first-order chi connectivity index (χ1) is 9.76. The van der Waals surface area contributed by atoms with Gasteiger partial charge in [0.1, 0.15) is 0 Å². The van der Waals surface area contributed by atoms with Crippen molar-refractivity contribution in [1.82, 2.24) is 10.2 Å². The average Bonchev–Trinajstić information content (AvgIpc) is 2.36. The molecule has 0 aromatic rings. The standard InChI is InChI=1S/C16H31F3N2/c1-4-10-21(13-16(17,18)19)12-15(11-20-14(2)3)8-6-5-7-9-15/h14,20H,4-13H2,1-3H3. The molecule has 5 heteroatoms. The van der Waals surface area contributed by atoms with Gasteiger partial charge in [0.2, 0.25) is 0 Å². The summed E-state index contributed by atoms with van der Waals surface area (Å²) in [4.78, 5) is 1.62. The number of rotatable bonds is 8. The summed E-state index contributed by atoms with van der Waals surface area (Å²) < 4.78 is 38.3. The first-order valence-electron chi connectivity index (χ1n) is 8.29. The third kappa shape index (κ3) is 7.50. The zero-order chi connectivity index (χ0) is 15.9. The van der Waals surface area contributed by atoms with Crippen molar-refractivity contribution >= 4 is 0 Å². The van der Waals surface area contributed by atoms with E-state index in [1.165, 1.54) is 6.42 Å². The molecule has 1 rings (SSSR count). The van der Waals surface area contributed by atoms with E-state index in [1.54, 1.807) is 4.90 Å². The van der Waals surface area contributed by atoms with Crippen molar-refractivity contribution in [3.8, 4) is 0 Å². The second-order valence-corrected chi connectivity index (χ2v) is 6.92. The van der Waals surface area contributed by atoms with Crippen molar-refractivity contribution in [2.45, 2.75) is 71.5 Å². The fourth-order valence-electron chi connectivity index (χ4n) is 3.37. The monoisotopic (exact) mass is 308 g/mol. The zero-order valence-electron chi connectivity index (χ0n) is 13.7. The van der Waals surface area contributed by atoms with Crippen LogP contribution in [0, 0.1) is 5.41 Å². The first-order valence-corrected chi connectivity index (χ1v) is 8.29. The molecule has 0 bridgehead atoms. The van der Waals surface area contributed by atoms with E-state index < -0.39 is 12.7 Å². The van der Waals surface area contributed by atoms with Crippen LogP contribution in [0.5, 0.6) is 0 Å². The Balaban J connectivity index is 2.71. The Hall–Kier alpha value is -0.290. The van der Waals surface area contributed by atoms with Gasteiger partial charge in [-0.05, 0) is 31.2 Å². The molecule has 0 aromatic carbocycles. The van der Waals surface area contributed by atoms with Gasteiger partial charge in [0, 0.05) is 19.1 Å². The molecule has 0 saturated heterocycles. The maximum atomic E-state index is 12.8. The second kappa shape index (κ2) is 8.37. The normalized spacial score (nSPS) is 19.4. The van der Waals surface area contributed by atoms with E-state index in [2.05, 4.69) is 19.2 Å². The van der Waals surface area contributed by atoms with Crippen molar-refractivity contribution in [2.24, 2.45) is 5.41 Å². The molecule has 126 valence electrons. The molecule has 0 heterocycles. The minimum atomic E-state index is -4.10. The zero-order valence-corrected chi connectivity index (χ0v) is 13.7. The molecule has 0 atom stereocenters. The summed E-state index contributed by atoms with van der Waals surface area (Å²) in [6, 6.07) is 0.381. The maximum Gasteiger partial charge on any atom is 0.401 e. The molecule has 1 fully saturated rings. The molecule has 1 N–H and O–H groups in total. The molecule has 1 aliphatic carbocycles. The van der Waals surface area contributed by atoms with Gasteiger partial charge in [0.25, 0.3) is 0 Å². The van der Waals surface area contributed by atoms with Crippen LogP contribution < -0.4 is 5.32 Å². The van der Waals surface area contributed by atoms with Crippen molar-refractivity contribution in [3.63, 3.8) is 0 Å². The van der Waals surface area contributed by atoms with E-state index in [4.69, 9.17) is 0 Å². The number of hydrogen-bond donors (Lipinski definition) is 1. The smallest absolute Gasteiger partial charge is 0.314 e. The quantitative estimate of drug-likeness (QED) is 0.722. The molecular weight excluding hydrogens is 277 g/mol. The van der Waals surface area contributed by atoms with Crippen molar-refractivity contribution in [1.29, 1.82) is 0 Å². The van der Waals surface area contributed by atoms with E-state index in [0.29, 0.717) is 19.1 Å². The van der Waals surface area contributed by atoms with Gasteiger partial charge in [-0.3, -0.25) is 4.90 Å². The van der Waals surface area contributed by atoms with Gasteiger partial charge in [0.05, 0.1) is 6.54 Å². The van der Waals surface area contributed by atoms with Gasteiger partial charge >= 0.3 is 6.18 Å². The maximum absolute atomic E-state index is 12.8. The van der Waals surface area contributed by atoms with E-state index in [0.717, 1.165) is 38.6 Å². The average molecular weight is 308 g/mol. The Bertz CT molecular complexity index is 284. The summed E-state index contributed by atoms with van der Waals surface area (Å²) >= 11 is 0. The van der Waals surface area contributed by atoms with E-state index in [1.807, 2.05) is 6.92 Å². The van der Waals surface area contributed by atoms with E-state index >= 15 is 0 Å². The lowest BCUT2D eigenvalue weighted by Crippen LogP contribution is -2.49. The highest BCUT2D eigenvalue weighted by molar-refractivity contribution is 4.88. The predicted octanol–water partition coefficient (Wildman–Crippen LogP) is 4.21. The van der Waals surface area contributed by atoms with Crippen LogP contribution >= 0.6 is 0 Å². The molecule has 0 amide bonds. The van der Waals surface area contributed by atoms with Crippen LogP contribution in [-0.2, 0) is 0 Å². The molecular formula is C16H31F3N2. The highest BCUT2D eigenvalue weighted by Crippen LogP contribution is 2.37. The Labute approximate surface area is 127 Å². The van der Waals surface area contributed by atoms with Crippen LogP contribution in [0.4, 0.5) is 13.2 Å². The highest BCUT2D eigenvalue weighted by Gasteiger charge is 2.37. The number of nitrogens with one attached hydrogen (secondary N) is 1. The SMILES string of the molecule is CCCN(CC(F)(F)F)CC1(CNC(C)C)CCCCC1. The summed E-state index contributed by atoms with van der Waals surface area (Å²) in [5.74, 6) is 0. The van der Waals surface area contributed by atoms with Crippen LogP contribution in [0.25, 0.3) is 0 Å². The van der Waals surface area contributed by atoms with Crippen molar-refractivity contribution in [3.05, 3.63) is 0 Å². The Morgan fingerprint density at radius 1 is 1.14 bits per heavy atom. The highest BCUT2D eigenvalue weighted by atomic mass is 19.4. The van der Waals surface area contributed by atoms with Crippen molar-refractivity contribution in [2.75, 3.05) is 26.2 Å². The van der Waals surface area contributed by atoms with E-state index in [-0.39, 0.29) is 5.41 Å². The minimum Gasteiger partial charge on any atom is -0.314 e. The Kier molecular flexibility index (Phi) is 7.48. The number of hydrogen-bond acceptors (Lipinski definition) is 2. The molecule has 1 aliphatic rings. The topological polar surface area (TPSA) is 15.3 Å². The van der Waals surface area contributed by atoms with Gasteiger partial charge < -0.3 is 5.32 Å². The van der Waals surface area contributed by atoms with Crippen LogP contribution in [0.15, 0.2) is 0 Å². The lowest BCUT2D eigenvalue weighted by atomic mass is 9.73. The first kappa shape index (κ1) is 18.8. The molecule has 0 aromatic heterocycles. The van der Waals surface area contributed by atoms with Gasteiger partial charge in [-0.15, -0.1) is 0 Å². The third-order valence-electron chi connectivity index (χ3n) is 4.30. The number of halogens is 3. The Morgan fingerprint density at radius 3 is 2.24 bits per heavy atom. The van der Waals surface area contributed by atoms with Gasteiger partial charge in [-0.2, -0.15) is 13.2 Å². The summed E-state index contributed by atoms with van der Waals surface area (Å²) in [5, 5.41) is 3.46. The van der Waals surface area contributed by atoms with E-state index in [9.17, 15) is 13.2 Å². The predicted molar refractivity (Wildman–Crippen MR) is 81.4 cm³/mol. The van der Waals surface area contributed by atoms with Crippen LogP contribution in [-0.4, -0.2) is 43.3 Å². The number of alkyl halides is 3. The lowest BCUT2D eigenvalue weighted by Gasteiger charge is -2.42. The van der Waals surface area contributed by atoms with Crippen LogP contribution in [0.1, 0.15) is 59.3 Å². The molecule has 2 nitrogen and oxygen atoms in total. The summed E-state index contributed by atoms with van der Waals surface area (Å²) in [6.45, 7) is 7.30. The molecule has 0 spiro atoms. The van der Waals surface area contributed by atoms with Gasteiger partial charge in [-0.25, -0.2) is 0 Å². The second-order valence-electron chi connectivity index (χ2n) is 6.92. The number of nitrogens with zero attached hydrogens (tertiary/aromatic N) is 1. The fourth-order valence-corrected chi connectivity index (χ4v) is 3.37. The Morgan fingerprint density at radius 2 is 1.76 bits per heavy atom. The lowest BCUT2D eigenvalue weighted by molar-refractivity contribution is -0.150. The fraction of sp³-hybridized carbons (Fsp3) is 1.00.